The normalized spacial score (nSPS) is 40.2. The van der Waals surface area contributed by atoms with E-state index >= 15 is 0 Å². The highest BCUT2D eigenvalue weighted by molar-refractivity contribution is 5.75. The van der Waals surface area contributed by atoms with Gasteiger partial charge in [0.2, 0.25) is 0 Å². The molecule has 1 rings (SSSR count). The minimum Gasteiger partial charge on any atom is -0.477 e. The zero-order valence-corrected chi connectivity index (χ0v) is 9.80. The van der Waals surface area contributed by atoms with Gasteiger partial charge in [0.1, 0.15) is 12.2 Å². The van der Waals surface area contributed by atoms with Crippen molar-refractivity contribution in [3.05, 3.63) is 0 Å². The van der Waals surface area contributed by atoms with Crippen molar-refractivity contribution in [2.45, 2.75) is 43.5 Å². The molecular formula is C10H18O8. The predicted molar refractivity (Wildman–Crippen MR) is 56.3 cm³/mol. The lowest BCUT2D eigenvalue weighted by Gasteiger charge is -2.43. The van der Waals surface area contributed by atoms with Gasteiger partial charge in [-0.2, -0.15) is 0 Å². The number of aliphatic hydroxyl groups excluding tert-OH is 4. The van der Waals surface area contributed by atoms with E-state index in [1.54, 1.807) is 0 Å². The Morgan fingerprint density at radius 3 is 2.50 bits per heavy atom. The maximum absolute atomic E-state index is 10.9. The lowest BCUT2D eigenvalue weighted by molar-refractivity contribution is -0.302. The molecule has 0 aromatic rings. The Hall–Kier alpha value is -0.770. The van der Waals surface area contributed by atoms with E-state index in [0.29, 0.717) is 0 Å². The quantitative estimate of drug-likeness (QED) is 0.321. The molecule has 1 aliphatic rings. The van der Waals surface area contributed by atoms with E-state index < -0.39 is 55.1 Å². The van der Waals surface area contributed by atoms with E-state index in [2.05, 4.69) is 0 Å². The lowest BCUT2D eigenvalue weighted by Crippen LogP contribution is -2.60. The molecule has 0 spiro atoms. The summed E-state index contributed by atoms with van der Waals surface area (Å²) >= 11 is 0. The highest BCUT2D eigenvalue weighted by atomic mass is 16.7. The molecule has 1 fully saturated rings. The van der Waals surface area contributed by atoms with Gasteiger partial charge in [0.25, 0.3) is 5.79 Å². The molecule has 0 aliphatic carbocycles. The summed E-state index contributed by atoms with van der Waals surface area (Å²) in [5.74, 6) is -5.02. The minimum atomic E-state index is -2.62. The topological polar surface area (TPSA) is 148 Å². The fraction of sp³-hybridized carbons (Fsp3) is 0.900. The zero-order chi connectivity index (χ0) is 14.1. The van der Waals surface area contributed by atoms with Gasteiger partial charge in [0.05, 0.1) is 18.8 Å². The van der Waals surface area contributed by atoms with Crippen molar-refractivity contribution >= 4 is 5.97 Å². The fourth-order valence-electron chi connectivity index (χ4n) is 1.91. The van der Waals surface area contributed by atoms with Crippen LogP contribution in [0.5, 0.6) is 0 Å². The van der Waals surface area contributed by atoms with Gasteiger partial charge in [-0.3, -0.25) is 0 Å². The first kappa shape index (κ1) is 15.3. The number of hydrogen-bond donors (Lipinski definition) is 6. The number of carbonyl (C=O) groups is 1. The summed E-state index contributed by atoms with van der Waals surface area (Å²) in [6.07, 6.45) is -6.24. The van der Waals surface area contributed by atoms with Crippen LogP contribution in [0.4, 0.5) is 0 Å². The van der Waals surface area contributed by atoms with Crippen LogP contribution in [-0.2, 0) is 9.53 Å². The van der Waals surface area contributed by atoms with E-state index in [-0.39, 0.29) is 0 Å². The van der Waals surface area contributed by atoms with E-state index in [1.807, 2.05) is 0 Å². The van der Waals surface area contributed by atoms with Crippen molar-refractivity contribution in [1.82, 2.24) is 0 Å². The number of ether oxygens (including phenoxy) is 1. The van der Waals surface area contributed by atoms with Gasteiger partial charge in [-0.1, -0.05) is 6.92 Å². The Bertz CT molecular complexity index is 308. The molecule has 0 radical (unpaired) electrons. The summed E-state index contributed by atoms with van der Waals surface area (Å²) in [7, 11) is 0. The Kier molecular flexibility index (Phi) is 4.65. The van der Waals surface area contributed by atoms with Crippen LogP contribution in [0.15, 0.2) is 0 Å². The molecule has 6 N–H and O–H groups in total. The number of rotatable bonds is 4. The highest BCUT2D eigenvalue weighted by Gasteiger charge is 2.51. The monoisotopic (exact) mass is 266 g/mol. The molecule has 0 bridgehead atoms. The first-order valence-corrected chi connectivity index (χ1v) is 5.51. The van der Waals surface area contributed by atoms with Crippen LogP contribution < -0.4 is 0 Å². The number of carboxylic acid groups (broad SMARTS) is 1. The van der Waals surface area contributed by atoms with Crippen LogP contribution >= 0.6 is 0 Å². The van der Waals surface area contributed by atoms with Gasteiger partial charge >= 0.3 is 5.97 Å². The summed E-state index contributed by atoms with van der Waals surface area (Å²) in [5, 5.41) is 55.9. The molecule has 8 nitrogen and oxygen atoms in total. The van der Waals surface area contributed by atoms with Crippen LogP contribution in [0, 0.1) is 5.92 Å². The van der Waals surface area contributed by atoms with Crippen LogP contribution in [0.1, 0.15) is 13.3 Å². The SMILES string of the molecule is C[C@H]1C(C(O)C(O)CO)O[C@@](O)(C(=O)O)C[C@H]1O. The molecule has 0 saturated carbocycles. The van der Waals surface area contributed by atoms with Crippen LogP contribution in [-0.4, -0.2) is 73.4 Å². The second kappa shape index (κ2) is 5.47. The fourth-order valence-corrected chi connectivity index (χ4v) is 1.91. The summed E-state index contributed by atoms with van der Waals surface area (Å²) in [6.45, 7) is 0.722. The van der Waals surface area contributed by atoms with Crippen molar-refractivity contribution in [3.63, 3.8) is 0 Å². The molecule has 0 aromatic carbocycles. The average Bonchev–Trinajstić information content (AvgIpc) is 2.31. The zero-order valence-electron chi connectivity index (χ0n) is 9.80. The molecule has 0 amide bonds. The molecule has 106 valence electrons. The standard InChI is InChI=1S/C10H18O8/c1-4-5(12)2-10(17,9(15)16)18-8(4)7(14)6(13)3-11/h4-8,11-14,17H,2-3H2,1H3,(H,15,16)/t4-,5-,6?,7?,8?,10-/m1/s1. The van der Waals surface area contributed by atoms with Crippen molar-refractivity contribution in [2.24, 2.45) is 5.92 Å². The molecule has 0 aromatic heterocycles. The third-order valence-electron chi connectivity index (χ3n) is 3.19. The van der Waals surface area contributed by atoms with E-state index in [1.165, 1.54) is 6.92 Å². The van der Waals surface area contributed by atoms with Crippen molar-refractivity contribution in [3.8, 4) is 0 Å². The average molecular weight is 266 g/mol. The van der Waals surface area contributed by atoms with Gasteiger partial charge in [0, 0.05) is 12.3 Å². The summed E-state index contributed by atoms with van der Waals surface area (Å²) in [5.41, 5.74) is 0. The van der Waals surface area contributed by atoms with Gasteiger partial charge in [-0.15, -0.1) is 0 Å². The van der Waals surface area contributed by atoms with Gasteiger partial charge in [0.15, 0.2) is 0 Å². The van der Waals surface area contributed by atoms with Crippen LogP contribution in [0.3, 0.4) is 0 Å². The number of hydrogen-bond acceptors (Lipinski definition) is 7. The van der Waals surface area contributed by atoms with Crippen molar-refractivity contribution < 1.29 is 40.2 Å². The first-order valence-electron chi connectivity index (χ1n) is 5.51. The second-order valence-electron chi connectivity index (χ2n) is 4.54. The Labute approximate surface area is 103 Å². The van der Waals surface area contributed by atoms with Crippen LogP contribution in [0.25, 0.3) is 0 Å². The van der Waals surface area contributed by atoms with Gasteiger partial charge < -0.3 is 35.4 Å². The smallest absolute Gasteiger partial charge is 0.364 e. The van der Waals surface area contributed by atoms with Crippen molar-refractivity contribution in [1.29, 1.82) is 0 Å². The summed E-state index contributed by atoms with van der Waals surface area (Å²) < 4.78 is 4.88. The van der Waals surface area contributed by atoms with Gasteiger partial charge in [-0.25, -0.2) is 4.79 Å². The van der Waals surface area contributed by atoms with Gasteiger partial charge in [-0.05, 0) is 0 Å². The number of aliphatic hydroxyl groups is 5. The highest BCUT2D eigenvalue weighted by Crippen LogP contribution is 2.33. The first-order chi connectivity index (χ1) is 8.23. The largest absolute Gasteiger partial charge is 0.477 e. The molecule has 18 heavy (non-hydrogen) atoms. The lowest BCUT2D eigenvalue weighted by atomic mass is 9.85. The molecule has 1 heterocycles. The molecule has 1 aliphatic heterocycles. The van der Waals surface area contributed by atoms with Crippen molar-refractivity contribution in [2.75, 3.05) is 6.61 Å². The number of aliphatic carboxylic acids is 1. The number of carboxylic acids is 1. The summed E-state index contributed by atoms with van der Waals surface area (Å²) in [4.78, 5) is 10.9. The van der Waals surface area contributed by atoms with E-state index in [4.69, 9.17) is 14.9 Å². The molecule has 6 atom stereocenters. The maximum atomic E-state index is 10.9. The molecule has 8 heteroatoms. The second-order valence-corrected chi connectivity index (χ2v) is 4.54. The van der Waals surface area contributed by atoms with E-state index in [0.717, 1.165) is 0 Å². The summed E-state index contributed by atoms with van der Waals surface area (Å²) in [6, 6.07) is 0. The van der Waals surface area contributed by atoms with Crippen LogP contribution in [0.2, 0.25) is 0 Å². The molecular weight excluding hydrogens is 248 g/mol. The third kappa shape index (κ3) is 2.79. The Morgan fingerprint density at radius 2 is 2.06 bits per heavy atom. The van der Waals surface area contributed by atoms with E-state index in [9.17, 15) is 25.2 Å². The predicted octanol–water partition coefficient (Wildman–Crippen LogP) is -2.74. The minimum absolute atomic E-state index is 0.540. The third-order valence-corrected chi connectivity index (χ3v) is 3.19. The Balaban J connectivity index is 2.92. The molecule has 1 saturated heterocycles. The maximum Gasteiger partial charge on any atom is 0.364 e. The molecule has 3 unspecified atom stereocenters. The Morgan fingerprint density at radius 1 is 1.50 bits per heavy atom.